The van der Waals surface area contributed by atoms with Crippen LogP contribution in [-0.4, -0.2) is 29.0 Å². The smallest absolute Gasteiger partial charge is 0.323 e. The quantitative estimate of drug-likeness (QED) is 0.463. The molecule has 0 aliphatic carbocycles. The van der Waals surface area contributed by atoms with Gasteiger partial charge in [-0.05, 0) is 19.8 Å². The fraction of sp³-hybridized carbons (Fsp3) is 0.636. The molecule has 0 amide bonds. The number of amidine groups is 1. The van der Waals surface area contributed by atoms with Crippen molar-refractivity contribution < 1.29 is 14.3 Å². The van der Waals surface area contributed by atoms with Crippen LogP contribution in [0.2, 0.25) is 0 Å². The molecule has 0 aliphatic rings. The lowest BCUT2D eigenvalue weighted by Gasteiger charge is -2.20. The average Bonchev–Trinajstić information content (AvgIpc) is 2.25. The van der Waals surface area contributed by atoms with Crippen LogP contribution in [0.4, 0.5) is 4.39 Å². The third-order valence-corrected chi connectivity index (χ3v) is 2.46. The van der Waals surface area contributed by atoms with Crippen molar-refractivity contribution in [3.8, 4) is 0 Å². The van der Waals surface area contributed by atoms with Crippen molar-refractivity contribution in [3.05, 3.63) is 11.9 Å². The summed E-state index contributed by atoms with van der Waals surface area (Å²) in [5.41, 5.74) is 9.50. The largest absolute Gasteiger partial charge is 0.480 e. The maximum absolute atomic E-state index is 13.3. The number of hydrogen-bond donors (Lipinski definition) is 3. The summed E-state index contributed by atoms with van der Waals surface area (Å²) >= 11 is 0. The Morgan fingerprint density at radius 3 is 2.59 bits per heavy atom. The molecule has 5 nitrogen and oxygen atoms in total. The zero-order chi connectivity index (χ0) is 13.5. The standard InChI is InChI=1S/C11H20FN3O2/c1-3-11(14,10(16)17)6-4-9(12)5-7-15-8(2)13/h4H,3,5-7,14H2,1-2H3,(H2,13,15)(H,16,17)/t11-/m0/s1. The van der Waals surface area contributed by atoms with Gasteiger partial charge < -0.3 is 16.6 Å². The molecule has 17 heavy (non-hydrogen) atoms. The maximum Gasteiger partial charge on any atom is 0.323 e. The summed E-state index contributed by atoms with van der Waals surface area (Å²) in [5.74, 6) is -1.15. The topological polar surface area (TPSA) is 102 Å². The van der Waals surface area contributed by atoms with Crippen molar-refractivity contribution in [2.24, 2.45) is 16.5 Å². The molecule has 1 atom stereocenters. The SMILES string of the molecule is CC[C@](N)(CC=C(F)CCN=C(C)N)C(=O)O. The first-order valence-electron chi connectivity index (χ1n) is 5.45. The lowest BCUT2D eigenvalue weighted by molar-refractivity contribution is -0.143. The summed E-state index contributed by atoms with van der Waals surface area (Å²) in [6, 6.07) is 0. The Labute approximate surface area is 100 Å². The molecule has 0 aromatic heterocycles. The van der Waals surface area contributed by atoms with Crippen molar-refractivity contribution in [3.63, 3.8) is 0 Å². The van der Waals surface area contributed by atoms with E-state index in [1.165, 1.54) is 6.08 Å². The second kappa shape index (κ2) is 7.01. The molecule has 0 fully saturated rings. The molecular formula is C11H20FN3O2. The number of hydrogen-bond acceptors (Lipinski definition) is 3. The summed E-state index contributed by atoms with van der Waals surface area (Å²) in [6.07, 6.45) is 1.52. The van der Waals surface area contributed by atoms with E-state index >= 15 is 0 Å². The molecule has 0 saturated carbocycles. The van der Waals surface area contributed by atoms with Crippen LogP contribution in [0.25, 0.3) is 0 Å². The monoisotopic (exact) mass is 245 g/mol. The number of aliphatic imine (C=N–C) groups is 1. The molecule has 0 bridgehead atoms. The normalized spacial score (nSPS) is 16.7. The molecule has 0 rings (SSSR count). The highest BCUT2D eigenvalue weighted by Gasteiger charge is 2.30. The van der Waals surface area contributed by atoms with Gasteiger partial charge in [-0.25, -0.2) is 4.39 Å². The Morgan fingerprint density at radius 1 is 1.59 bits per heavy atom. The number of halogens is 1. The molecule has 0 heterocycles. The van der Waals surface area contributed by atoms with Gasteiger partial charge >= 0.3 is 5.97 Å². The van der Waals surface area contributed by atoms with Gasteiger partial charge in [0.1, 0.15) is 5.54 Å². The zero-order valence-corrected chi connectivity index (χ0v) is 10.2. The summed E-state index contributed by atoms with van der Waals surface area (Å²) in [5, 5.41) is 8.88. The van der Waals surface area contributed by atoms with Crippen molar-refractivity contribution >= 4 is 11.8 Å². The Bertz CT molecular complexity index is 325. The Balaban J connectivity index is 4.31. The lowest BCUT2D eigenvalue weighted by Crippen LogP contribution is -2.46. The molecule has 0 spiro atoms. The molecule has 0 unspecified atom stereocenters. The first kappa shape index (κ1) is 15.6. The van der Waals surface area contributed by atoms with Gasteiger partial charge in [0.2, 0.25) is 0 Å². The lowest BCUT2D eigenvalue weighted by atomic mass is 9.93. The minimum atomic E-state index is -1.40. The van der Waals surface area contributed by atoms with Gasteiger partial charge in [-0.2, -0.15) is 0 Å². The second-order valence-corrected chi connectivity index (χ2v) is 3.94. The summed E-state index contributed by atoms with van der Waals surface area (Å²) in [6.45, 7) is 3.53. The van der Waals surface area contributed by atoms with Crippen LogP contribution >= 0.6 is 0 Å². The summed E-state index contributed by atoms with van der Waals surface area (Å²) in [4.78, 5) is 14.7. The summed E-state index contributed by atoms with van der Waals surface area (Å²) in [7, 11) is 0. The van der Waals surface area contributed by atoms with Crippen molar-refractivity contribution in [1.82, 2.24) is 0 Å². The minimum Gasteiger partial charge on any atom is -0.480 e. The van der Waals surface area contributed by atoms with Crippen LogP contribution in [0, 0.1) is 0 Å². The van der Waals surface area contributed by atoms with Crippen LogP contribution in [0.15, 0.2) is 16.9 Å². The number of nitrogens with two attached hydrogens (primary N) is 2. The molecule has 0 radical (unpaired) electrons. The van der Waals surface area contributed by atoms with Crippen LogP contribution < -0.4 is 11.5 Å². The van der Waals surface area contributed by atoms with Crippen molar-refractivity contribution in [1.29, 1.82) is 0 Å². The van der Waals surface area contributed by atoms with E-state index in [1.807, 2.05) is 0 Å². The molecule has 0 aromatic rings. The number of carbonyl (C=O) groups is 1. The van der Waals surface area contributed by atoms with E-state index in [0.29, 0.717) is 5.84 Å². The summed E-state index contributed by atoms with van der Waals surface area (Å²) < 4.78 is 13.3. The predicted molar refractivity (Wildman–Crippen MR) is 65.4 cm³/mol. The van der Waals surface area contributed by atoms with Crippen LogP contribution in [-0.2, 0) is 4.79 Å². The zero-order valence-electron chi connectivity index (χ0n) is 10.2. The van der Waals surface area contributed by atoms with Gasteiger partial charge in [0.15, 0.2) is 0 Å². The van der Waals surface area contributed by atoms with Crippen LogP contribution in [0.5, 0.6) is 0 Å². The molecule has 6 heteroatoms. The average molecular weight is 245 g/mol. The van der Waals surface area contributed by atoms with E-state index in [9.17, 15) is 9.18 Å². The number of rotatable bonds is 7. The van der Waals surface area contributed by atoms with E-state index in [0.717, 1.165) is 0 Å². The number of nitrogens with zero attached hydrogens (tertiary/aromatic N) is 1. The first-order valence-corrected chi connectivity index (χ1v) is 5.45. The molecule has 0 aromatic carbocycles. The first-order chi connectivity index (χ1) is 7.81. The molecule has 0 saturated heterocycles. The van der Waals surface area contributed by atoms with Gasteiger partial charge in [0.05, 0.1) is 11.7 Å². The van der Waals surface area contributed by atoms with Gasteiger partial charge in [-0.1, -0.05) is 13.0 Å². The third kappa shape index (κ3) is 6.01. The molecule has 0 aliphatic heterocycles. The highest BCUT2D eigenvalue weighted by molar-refractivity contribution is 5.78. The van der Waals surface area contributed by atoms with Crippen molar-refractivity contribution in [2.45, 2.75) is 38.6 Å². The number of carboxylic acids is 1. The van der Waals surface area contributed by atoms with E-state index in [2.05, 4.69) is 4.99 Å². The van der Waals surface area contributed by atoms with Crippen LogP contribution in [0.1, 0.15) is 33.1 Å². The van der Waals surface area contributed by atoms with E-state index in [-0.39, 0.29) is 25.8 Å². The Hall–Kier alpha value is -1.43. The van der Waals surface area contributed by atoms with Gasteiger partial charge in [0, 0.05) is 13.0 Å². The van der Waals surface area contributed by atoms with Gasteiger partial charge in [-0.15, -0.1) is 0 Å². The van der Waals surface area contributed by atoms with Gasteiger partial charge in [-0.3, -0.25) is 9.79 Å². The molecular weight excluding hydrogens is 225 g/mol. The minimum absolute atomic E-state index is 0.0318. The Kier molecular flexibility index (Phi) is 6.42. The highest BCUT2D eigenvalue weighted by atomic mass is 19.1. The third-order valence-electron chi connectivity index (χ3n) is 2.46. The number of aliphatic carboxylic acids is 1. The molecule has 5 N–H and O–H groups in total. The van der Waals surface area contributed by atoms with Gasteiger partial charge in [0.25, 0.3) is 0 Å². The van der Waals surface area contributed by atoms with E-state index < -0.39 is 17.3 Å². The second-order valence-electron chi connectivity index (χ2n) is 3.94. The Morgan fingerprint density at radius 2 is 2.18 bits per heavy atom. The number of carboxylic acid groups (broad SMARTS) is 1. The maximum atomic E-state index is 13.3. The molecule has 98 valence electrons. The van der Waals surface area contributed by atoms with E-state index in [1.54, 1.807) is 13.8 Å². The van der Waals surface area contributed by atoms with E-state index in [4.69, 9.17) is 16.6 Å². The fourth-order valence-corrected chi connectivity index (χ4v) is 1.12. The predicted octanol–water partition coefficient (Wildman–Crippen LogP) is 1.19. The highest BCUT2D eigenvalue weighted by Crippen LogP contribution is 2.16. The fourth-order valence-electron chi connectivity index (χ4n) is 1.12. The van der Waals surface area contributed by atoms with Crippen LogP contribution in [0.3, 0.4) is 0 Å². The van der Waals surface area contributed by atoms with Crippen molar-refractivity contribution in [2.75, 3.05) is 6.54 Å².